The Kier molecular flexibility index (Phi) is 4.53. The van der Waals surface area contributed by atoms with Gasteiger partial charge in [0.2, 0.25) is 5.75 Å². The SMILES string of the molecule is CNc1ncnc(Oc2cc(Br)cc([N+](=O)[O-])c2)c1OC. The lowest BCUT2D eigenvalue weighted by Gasteiger charge is -2.11. The molecule has 1 aromatic heterocycles. The molecule has 0 aliphatic rings. The minimum atomic E-state index is -0.506. The molecule has 21 heavy (non-hydrogen) atoms. The van der Waals surface area contributed by atoms with Gasteiger partial charge in [-0.05, 0) is 6.07 Å². The predicted molar refractivity (Wildman–Crippen MR) is 79.0 cm³/mol. The number of methoxy groups -OCH3 is 1. The maximum Gasteiger partial charge on any atom is 0.274 e. The first-order valence-corrected chi connectivity index (χ1v) is 6.54. The van der Waals surface area contributed by atoms with Crippen LogP contribution in [0.2, 0.25) is 0 Å². The number of non-ortho nitro benzene ring substituents is 1. The van der Waals surface area contributed by atoms with Gasteiger partial charge in [-0.25, -0.2) is 4.98 Å². The Labute approximate surface area is 128 Å². The molecular formula is C12H11BrN4O4. The second-order valence-corrected chi connectivity index (χ2v) is 4.73. The summed E-state index contributed by atoms with van der Waals surface area (Å²) in [5.74, 6) is 1.18. The van der Waals surface area contributed by atoms with Crippen LogP contribution in [-0.2, 0) is 0 Å². The van der Waals surface area contributed by atoms with Crippen molar-refractivity contribution in [2.24, 2.45) is 0 Å². The van der Waals surface area contributed by atoms with Crippen molar-refractivity contribution in [2.45, 2.75) is 0 Å². The lowest BCUT2D eigenvalue weighted by molar-refractivity contribution is -0.385. The molecule has 0 radical (unpaired) electrons. The number of nitro groups is 1. The van der Waals surface area contributed by atoms with Crippen LogP contribution in [0.25, 0.3) is 0 Å². The summed E-state index contributed by atoms with van der Waals surface area (Å²) in [5.41, 5.74) is -0.0961. The van der Waals surface area contributed by atoms with E-state index in [0.29, 0.717) is 16.0 Å². The third-order valence-electron chi connectivity index (χ3n) is 2.49. The molecule has 110 valence electrons. The summed E-state index contributed by atoms with van der Waals surface area (Å²) in [6.07, 6.45) is 1.30. The highest BCUT2D eigenvalue weighted by Crippen LogP contribution is 2.36. The van der Waals surface area contributed by atoms with E-state index in [4.69, 9.17) is 9.47 Å². The molecule has 0 saturated heterocycles. The van der Waals surface area contributed by atoms with Gasteiger partial charge >= 0.3 is 0 Å². The molecule has 0 spiro atoms. The average molecular weight is 355 g/mol. The zero-order valence-corrected chi connectivity index (χ0v) is 12.7. The number of ether oxygens (including phenoxy) is 2. The third-order valence-corrected chi connectivity index (χ3v) is 2.95. The molecule has 0 aliphatic carbocycles. The smallest absolute Gasteiger partial charge is 0.274 e. The molecule has 2 aromatic rings. The number of anilines is 1. The van der Waals surface area contributed by atoms with E-state index in [-0.39, 0.29) is 17.3 Å². The Balaban J connectivity index is 2.40. The van der Waals surface area contributed by atoms with Crippen molar-refractivity contribution in [3.05, 3.63) is 39.1 Å². The highest BCUT2D eigenvalue weighted by Gasteiger charge is 2.16. The Morgan fingerprint density at radius 3 is 2.71 bits per heavy atom. The maximum atomic E-state index is 10.9. The van der Waals surface area contributed by atoms with Crippen LogP contribution < -0.4 is 14.8 Å². The molecule has 1 aromatic carbocycles. The van der Waals surface area contributed by atoms with Crippen molar-refractivity contribution in [3.63, 3.8) is 0 Å². The van der Waals surface area contributed by atoms with Crippen molar-refractivity contribution in [3.8, 4) is 17.4 Å². The molecule has 9 heteroatoms. The molecule has 2 rings (SSSR count). The Bertz CT molecular complexity index is 680. The van der Waals surface area contributed by atoms with E-state index in [1.165, 1.54) is 25.6 Å². The van der Waals surface area contributed by atoms with Crippen molar-refractivity contribution in [1.29, 1.82) is 0 Å². The number of hydrogen-bond donors (Lipinski definition) is 1. The van der Waals surface area contributed by atoms with Gasteiger partial charge in [0.05, 0.1) is 18.1 Å². The number of rotatable bonds is 5. The number of nitro benzene ring substituents is 1. The zero-order chi connectivity index (χ0) is 15.4. The summed E-state index contributed by atoms with van der Waals surface area (Å²) in [6.45, 7) is 0. The van der Waals surface area contributed by atoms with Gasteiger partial charge in [0.15, 0.2) is 5.82 Å². The second-order valence-electron chi connectivity index (χ2n) is 3.81. The highest BCUT2D eigenvalue weighted by molar-refractivity contribution is 9.10. The quantitative estimate of drug-likeness (QED) is 0.650. The predicted octanol–water partition coefficient (Wildman–Crippen LogP) is 2.99. The van der Waals surface area contributed by atoms with Gasteiger partial charge in [0, 0.05) is 17.6 Å². The lowest BCUT2D eigenvalue weighted by Crippen LogP contribution is -2.01. The van der Waals surface area contributed by atoms with Crippen LogP contribution in [0.1, 0.15) is 0 Å². The number of aromatic nitrogens is 2. The van der Waals surface area contributed by atoms with Gasteiger partial charge in [0.25, 0.3) is 11.6 Å². The molecule has 1 N–H and O–H groups in total. The van der Waals surface area contributed by atoms with Gasteiger partial charge < -0.3 is 14.8 Å². The Morgan fingerprint density at radius 1 is 1.33 bits per heavy atom. The third kappa shape index (κ3) is 3.37. The molecule has 0 aliphatic heterocycles. The molecule has 0 bridgehead atoms. The van der Waals surface area contributed by atoms with Crippen molar-refractivity contribution >= 4 is 27.4 Å². The van der Waals surface area contributed by atoms with Crippen molar-refractivity contribution in [1.82, 2.24) is 9.97 Å². The van der Waals surface area contributed by atoms with E-state index in [2.05, 4.69) is 31.2 Å². The van der Waals surface area contributed by atoms with Crippen LogP contribution in [-0.4, -0.2) is 29.0 Å². The summed E-state index contributed by atoms with van der Waals surface area (Å²) in [6, 6.07) is 4.27. The summed E-state index contributed by atoms with van der Waals surface area (Å²) in [5, 5.41) is 13.7. The summed E-state index contributed by atoms with van der Waals surface area (Å²) < 4.78 is 11.3. The van der Waals surface area contributed by atoms with Crippen LogP contribution in [0, 0.1) is 10.1 Å². The first kappa shape index (κ1) is 15.0. The number of hydrogen-bond acceptors (Lipinski definition) is 7. The average Bonchev–Trinajstić information content (AvgIpc) is 2.46. The molecule has 0 unspecified atom stereocenters. The fraction of sp³-hybridized carbons (Fsp3) is 0.167. The monoisotopic (exact) mass is 354 g/mol. The van der Waals surface area contributed by atoms with E-state index in [1.807, 2.05) is 0 Å². The molecule has 0 amide bonds. The van der Waals surface area contributed by atoms with Crippen LogP contribution >= 0.6 is 15.9 Å². The van der Waals surface area contributed by atoms with Crippen LogP contribution in [0.15, 0.2) is 29.0 Å². The minimum absolute atomic E-state index is 0.0961. The van der Waals surface area contributed by atoms with Gasteiger partial charge in [-0.1, -0.05) is 15.9 Å². The van der Waals surface area contributed by atoms with Gasteiger partial charge in [-0.2, -0.15) is 4.98 Å². The summed E-state index contributed by atoms with van der Waals surface area (Å²) >= 11 is 3.20. The standard InChI is InChI=1S/C12H11BrN4O4/c1-14-11-10(20-2)12(16-6-15-11)21-9-4-7(13)3-8(5-9)17(18)19/h3-6H,1-2H3,(H,14,15,16). The van der Waals surface area contributed by atoms with Crippen molar-refractivity contribution < 1.29 is 14.4 Å². The van der Waals surface area contributed by atoms with E-state index < -0.39 is 4.92 Å². The molecular weight excluding hydrogens is 344 g/mol. The molecule has 0 fully saturated rings. The topological polar surface area (TPSA) is 99.4 Å². The van der Waals surface area contributed by atoms with Crippen LogP contribution in [0.3, 0.4) is 0 Å². The van der Waals surface area contributed by atoms with Crippen molar-refractivity contribution in [2.75, 3.05) is 19.5 Å². The van der Waals surface area contributed by atoms with E-state index >= 15 is 0 Å². The van der Waals surface area contributed by atoms with Gasteiger partial charge in [-0.3, -0.25) is 10.1 Å². The van der Waals surface area contributed by atoms with E-state index in [0.717, 1.165) is 0 Å². The zero-order valence-electron chi connectivity index (χ0n) is 11.2. The van der Waals surface area contributed by atoms with Gasteiger partial charge in [-0.15, -0.1) is 0 Å². The van der Waals surface area contributed by atoms with Crippen LogP contribution in [0.5, 0.6) is 17.4 Å². The molecule has 0 atom stereocenters. The molecule has 1 heterocycles. The summed E-state index contributed by atoms with van der Waals surface area (Å²) in [7, 11) is 3.13. The number of nitrogens with one attached hydrogen (secondary N) is 1. The Hall–Kier alpha value is -2.42. The number of nitrogens with zero attached hydrogens (tertiary/aromatic N) is 3. The molecule has 8 nitrogen and oxygen atoms in total. The molecule has 0 saturated carbocycles. The normalized spacial score (nSPS) is 10.0. The first-order chi connectivity index (χ1) is 10.0. The lowest BCUT2D eigenvalue weighted by atomic mass is 10.3. The first-order valence-electron chi connectivity index (χ1n) is 5.74. The number of halogens is 1. The van der Waals surface area contributed by atoms with E-state index in [9.17, 15) is 10.1 Å². The van der Waals surface area contributed by atoms with E-state index in [1.54, 1.807) is 13.1 Å². The van der Waals surface area contributed by atoms with Crippen LogP contribution in [0.4, 0.5) is 11.5 Å². The second kappa shape index (κ2) is 6.35. The fourth-order valence-corrected chi connectivity index (χ4v) is 2.08. The Morgan fingerprint density at radius 2 is 2.10 bits per heavy atom. The largest absolute Gasteiger partial charge is 0.489 e. The maximum absolute atomic E-state index is 10.9. The fourth-order valence-electron chi connectivity index (χ4n) is 1.62. The highest BCUT2D eigenvalue weighted by atomic mass is 79.9. The summed E-state index contributed by atoms with van der Waals surface area (Å²) in [4.78, 5) is 18.3. The minimum Gasteiger partial charge on any atom is -0.489 e. The van der Waals surface area contributed by atoms with Gasteiger partial charge in [0.1, 0.15) is 12.1 Å². The number of benzene rings is 1.